The third-order valence-corrected chi connectivity index (χ3v) is 14.9. The average molecular weight is 1130 g/mol. The van der Waals surface area contributed by atoms with Crippen molar-refractivity contribution in [3.63, 3.8) is 0 Å². The first-order valence-electron chi connectivity index (χ1n) is 30.1. The fourth-order valence-corrected chi connectivity index (χ4v) is 9.92. The van der Waals surface area contributed by atoms with Crippen LogP contribution < -0.4 is 0 Å². The predicted molar refractivity (Wildman–Crippen MR) is 298 cm³/mol. The van der Waals surface area contributed by atoms with Gasteiger partial charge in [-0.25, -0.2) is 9.13 Å². The molecule has 2 unspecified atom stereocenters. The fraction of sp³-hybridized carbons (Fsp3) is 0.930. The summed E-state index contributed by atoms with van der Waals surface area (Å²) in [4.78, 5) is 71.6. The van der Waals surface area contributed by atoms with E-state index < -0.39 is 97.5 Å². The van der Waals surface area contributed by atoms with E-state index in [1.54, 1.807) is 0 Å². The molecule has 0 heterocycles. The third-order valence-electron chi connectivity index (χ3n) is 13.0. The molecule has 76 heavy (non-hydrogen) atoms. The van der Waals surface area contributed by atoms with Crippen LogP contribution in [0.2, 0.25) is 0 Å². The van der Waals surface area contributed by atoms with Gasteiger partial charge >= 0.3 is 39.5 Å². The standard InChI is InChI=1S/C57H110O17P2/c1-6-9-12-15-18-25-30-35-40-54(59)67-46-52(73-56(61)42-37-32-27-20-17-14-11-8-3)48-71-75(63,64)69-44-51(58)45-70-76(65,66)72-49-53(47-68-55(60)41-36-31-26-19-16-13-10-7-2)74-57(62)43-38-33-28-23-21-22-24-29-34-39-50(4)5/h50-53,58H,6-49H2,1-5H3,(H,63,64)(H,65,66)/t51-,52+,53+/m0/s1. The molecule has 450 valence electrons. The van der Waals surface area contributed by atoms with Gasteiger partial charge in [-0.15, -0.1) is 0 Å². The average Bonchev–Trinajstić information content (AvgIpc) is 3.38. The van der Waals surface area contributed by atoms with Crippen molar-refractivity contribution >= 4 is 39.5 Å². The summed E-state index contributed by atoms with van der Waals surface area (Å²) < 4.78 is 67.5. The van der Waals surface area contributed by atoms with Crippen LogP contribution in [0.15, 0.2) is 0 Å². The quantitative estimate of drug-likeness (QED) is 0.0222. The van der Waals surface area contributed by atoms with E-state index in [0.717, 1.165) is 115 Å². The molecule has 0 aromatic carbocycles. The van der Waals surface area contributed by atoms with Crippen molar-refractivity contribution < 1.29 is 80.2 Å². The van der Waals surface area contributed by atoms with Gasteiger partial charge in [-0.1, -0.05) is 227 Å². The Balaban J connectivity index is 5.20. The topological polar surface area (TPSA) is 237 Å². The largest absolute Gasteiger partial charge is 0.472 e. The lowest BCUT2D eigenvalue weighted by atomic mass is 10.0. The maximum atomic E-state index is 12.9. The Morgan fingerprint density at radius 2 is 0.605 bits per heavy atom. The molecule has 0 aliphatic heterocycles. The van der Waals surface area contributed by atoms with Crippen molar-refractivity contribution in [3.05, 3.63) is 0 Å². The predicted octanol–water partition coefficient (Wildman–Crippen LogP) is 15.1. The molecule has 0 bridgehead atoms. The van der Waals surface area contributed by atoms with Crippen molar-refractivity contribution in [3.8, 4) is 0 Å². The lowest BCUT2D eigenvalue weighted by Crippen LogP contribution is -2.30. The van der Waals surface area contributed by atoms with Crippen LogP contribution in [-0.4, -0.2) is 96.7 Å². The second-order valence-electron chi connectivity index (χ2n) is 21.2. The highest BCUT2D eigenvalue weighted by molar-refractivity contribution is 7.47. The zero-order valence-corrected chi connectivity index (χ0v) is 50.2. The Bertz CT molecular complexity index is 1500. The molecule has 0 saturated carbocycles. The number of aliphatic hydroxyl groups is 1. The van der Waals surface area contributed by atoms with Crippen molar-refractivity contribution in [1.82, 2.24) is 0 Å². The summed E-state index contributed by atoms with van der Waals surface area (Å²) in [6.07, 6.45) is 32.2. The Kier molecular flexibility index (Phi) is 49.9. The minimum Gasteiger partial charge on any atom is -0.462 e. The molecule has 0 rings (SSSR count). The van der Waals surface area contributed by atoms with Crippen LogP contribution in [0.1, 0.15) is 279 Å². The summed E-state index contributed by atoms with van der Waals surface area (Å²) >= 11 is 0. The smallest absolute Gasteiger partial charge is 0.462 e. The number of carbonyl (C=O) groups excluding carboxylic acids is 4. The summed E-state index contributed by atoms with van der Waals surface area (Å²) in [6.45, 7) is 7.03. The minimum atomic E-state index is -4.93. The third kappa shape index (κ3) is 51.5. The number of aliphatic hydroxyl groups excluding tert-OH is 1. The first-order chi connectivity index (χ1) is 36.5. The molecule has 17 nitrogen and oxygen atoms in total. The maximum absolute atomic E-state index is 12.9. The molecule has 0 radical (unpaired) electrons. The van der Waals surface area contributed by atoms with Gasteiger partial charge < -0.3 is 33.8 Å². The monoisotopic (exact) mass is 1130 g/mol. The molecular weight excluding hydrogens is 1020 g/mol. The van der Waals surface area contributed by atoms with Gasteiger partial charge in [-0.2, -0.15) is 0 Å². The summed E-state index contributed by atoms with van der Waals surface area (Å²) in [7, 11) is -9.86. The second kappa shape index (κ2) is 51.2. The van der Waals surface area contributed by atoms with Crippen LogP contribution in [-0.2, 0) is 65.4 Å². The van der Waals surface area contributed by atoms with Crippen molar-refractivity contribution in [2.75, 3.05) is 39.6 Å². The van der Waals surface area contributed by atoms with Crippen molar-refractivity contribution in [2.24, 2.45) is 5.92 Å². The summed E-state index contributed by atoms with van der Waals surface area (Å²) in [5.74, 6) is -1.41. The number of hydrogen-bond donors (Lipinski definition) is 3. The van der Waals surface area contributed by atoms with E-state index in [4.69, 9.17) is 37.0 Å². The molecular formula is C57H110O17P2. The second-order valence-corrected chi connectivity index (χ2v) is 24.1. The number of hydrogen-bond acceptors (Lipinski definition) is 15. The summed E-state index contributed by atoms with van der Waals surface area (Å²) in [5, 5.41) is 10.5. The highest BCUT2D eigenvalue weighted by atomic mass is 31.2. The summed E-state index contributed by atoms with van der Waals surface area (Å²) in [5.41, 5.74) is 0. The van der Waals surface area contributed by atoms with Gasteiger partial charge in [0.2, 0.25) is 0 Å². The van der Waals surface area contributed by atoms with Crippen LogP contribution in [0.4, 0.5) is 0 Å². The van der Waals surface area contributed by atoms with Gasteiger partial charge in [0.25, 0.3) is 0 Å². The van der Waals surface area contributed by atoms with Crippen LogP contribution in [0, 0.1) is 5.92 Å². The van der Waals surface area contributed by atoms with Gasteiger partial charge in [0.15, 0.2) is 12.2 Å². The minimum absolute atomic E-state index is 0.105. The number of ether oxygens (including phenoxy) is 4. The van der Waals surface area contributed by atoms with Crippen LogP contribution in [0.5, 0.6) is 0 Å². The molecule has 0 spiro atoms. The molecule has 0 saturated heterocycles. The molecule has 0 aliphatic rings. The van der Waals surface area contributed by atoms with E-state index >= 15 is 0 Å². The molecule has 3 N–H and O–H groups in total. The van der Waals surface area contributed by atoms with Crippen molar-refractivity contribution in [2.45, 2.75) is 297 Å². The van der Waals surface area contributed by atoms with Crippen LogP contribution in [0.25, 0.3) is 0 Å². The molecule has 0 aliphatic carbocycles. The van der Waals surface area contributed by atoms with Crippen molar-refractivity contribution in [1.29, 1.82) is 0 Å². The number of unbranched alkanes of at least 4 members (excludes halogenated alkanes) is 29. The molecule has 0 fully saturated rings. The lowest BCUT2D eigenvalue weighted by molar-refractivity contribution is -0.161. The fourth-order valence-electron chi connectivity index (χ4n) is 8.34. The lowest BCUT2D eigenvalue weighted by Gasteiger charge is -2.21. The Hall–Kier alpha value is -1.94. The van der Waals surface area contributed by atoms with Gasteiger partial charge in [0.05, 0.1) is 26.4 Å². The van der Waals surface area contributed by atoms with Gasteiger partial charge in [-0.3, -0.25) is 37.3 Å². The highest BCUT2D eigenvalue weighted by Gasteiger charge is 2.30. The number of esters is 4. The van der Waals surface area contributed by atoms with E-state index in [1.165, 1.54) is 83.5 Å². The molecule has 19 heteroatoms. The number of phosphoric acid groups is 2. The van der Waals surface area contributed by atoms with E-state index in [-0.39, 0.29) is 25.7 Å². The molecule has 0 aromatic rings. The maximum Gasteiger partial charge on any atom is 0.472 e. The summed E-state index contributed by atoms with van der Waals surface area (Å²) in [6, 6.07) is 0. The normalized spacial score (nSPS) is 14.4. The highest BCUT2D eigenvalue weighted by Crippen LogP contribution is 2.45. The molecule has 0 aromatic heterocycles. The van der Waals surface area contributed by atoms with E-state index in [0.29, 0.717) is 25.7 Å². The molecule has 5 atom stereocenters. The Labute approximate surface area is 460 Å². The van der Waals surface area contributed by atoms with Gasteiger partial charge in [-0.05, 0) is 31.6 Å². The van der Waals surface area contributed by atoms with Crippen LogP contribution in [0.3, 0.4) is 0 Å². The van der Waals surface area contributed by atoms with E-state index in [2.05, 4.69) is 34.6 Å². The Morgan fingerprint density at radius 3 is 0.895 bits per heavy atom. The SMILES string of the molecule is CCCCCCCCCCC(=O)OC[C@H](COP(=O)(O)OC[C@H](O)COP(=O)(O)OC[C@@H](COC(=O)CCCCCCCCCC)OC(=O)CCCCCCCCCCCC(C)C)OC(=O)CCCCCCCCCC. The zero-order chi connectivity index (χ0) is 56.4. The van der Waals surface area contributed by atoms with E-state index in [1.807, 2.05) is 0 Å². The van der Waals surface area contributed by atoms with Crippen LogP contribution >= 0.6 is 15.6 Å². The zero-order valence-electron chi connectivity index (χ0n) is 48.4. The first-order valence-corrected chi connectivity index (χ1v) is 33.1. The van der Waals surface area contributed by atoms with Gasteiger partial charge in [0.1, 0.15) is 19.3 Å². The number of carbonyl (C=O) groups is 4. The number of rotatable bonds is 57. The Morgan fingerprint density at radius 1 is 0.355 bits per heavy atom. The van der Waals surface area contributed by atoms with E-state index in [9.17, 15) is 43.2 Å². The first kappa shape index (κ1) is 74.1. The van der Waals surface area contributed by atoms with Gasteiger partial charge in [0, 0.05) is 25.7 Å². The number of phosphoric ester groups is 2. The molecule has 0 amide bonds.